The second-order valence-electron chi connectivity index (χ2n) is 6.39. The molecule has 3 saturated carbocycles. The van der Waals surface area contributed by atoms with Crippen LogP contribution in [0.15, 0.2) is 0 Å². The fourth-order valence-corrected chi connectivity index (χ4v) is 4.16. The molecule has 0 aromatic heterocycles. The van der Waals surface area contributed by atoms with Crippen molar-refractivity contribution in [1.82, 2.24) is 0 Å². The van der Waals surface area contributed by atoms with Crippen molar-refractivity contribution in [3.63, 3.8) is 0 Å². The minimum absolute atomic E-state index is 0.921. The van der Waals surface area contributed by atoms with Crippen LogP contribution in [-0.4, -0.2) is 0 Å². The summed E-state index contributed by atoms with van der Waals surface area (Å²) in [6.45, 7) is 9.73. The molecule has 0 saturated heterocycles. The van der Waals surface area contributed by atoms with Crippen molar-refractivity contribution < 1.29 is 0 Å². The van der Waals surface area contributed by atoms with Gasteiger partial charge in [-0.2, -0.15) is 0 Å². The molecule has 0 nitrogen and oxygen atoms in total. The average molecular weight is 194 g/mol. The fourth-order valence-electron chi connectivity index (χ4n) is 4.16. The molecule has 3 aliphatic carbocycles. The third-order valence-electron chi connectivity index (χ3n) is 4.93. The molecule has 2 bridgehead atoms. The third-order valence-corrected chi connectivity index (χ3v) is 4.93. The molecule has 0 spiro atoms. The van der Waals surface area contributed by atoms with Gasteiger partial charge in [-0.15, -0.1) is 0 Å². The van der Waals surface area contributed by atoms with Crippen LogP contribution in [0.4, 0.5) is 0 Å². The molecule has 3 aliphatic rings. The van der Waals surface area contributed by atoms with Gasteiger partial charge in [0.2, 0.25) is 0 Å². The van der Waals surface area contributed by atoms with E-state index < -0.39 is 0 Å². The van der Waals surface area contributed by atoms with Gasteiger partial charge in [0.15, 0.2) is 0 Å². The van der Waals surface area contributed by atoms with Crippen LogP contribution in [0, 0.1) is 35.5 Å². The second kappa shape index (κ2) is 3.87. The van der Waals surface area contributed by atoms with Crippen LogP contribution in [0.5, 0.6) is 0 Å². The van der Waals surface area contributed by atoms with Crippen molar-refractivity contribution in [3.8, 4) is 0 Å². The van der Waals surface area contributed by atoms with Gasteiger partial charge in [0, 0.05) is 0 Å². The largest absolute Gasteiger partial charge is 0.0625 e. The summed E-state index contributed by atoms with van der Waals surface area (Å²) in [6, 6.07) is 0. The van der Waals surface area contributed by atoms with E-state index in [-0.39, 0.29) is 0 Å². The fraction of sp³-hybridized carbons (Fsp3) is 1.00. The van der Waals surface area contributed by atoms with Crippen LogP contribution in [0.25, 0.3) is 0 Å². The lowest BCUT2D eigenvalue weighted by Crippen LogP contribution is -2.42. The zero-order valence-electron chi connectivity index (χ0n) is 10.3. The van der Waals surface area contributed by atoms with Gasteiger partial charge >= 0.3 is 0 Å². The molecule has 0 heterocycles. The average Bonchev–Trinajstić information content (AvgIpc) is 2.18. The van der Waals surface area contributed by atoms with E-state index in [1.165, 1.54) is 12.8 Å². The predicted octanol–water partition coefficient (Wildman–Crippen LogP) is 4.35. The predicted molar refractivity (Wildman–Crippen MR) is 62.1 cm³/mol. The molecule has 2 unspecified atom stereocenters. The van der Waals surface area contributed by atoms with E-state index in [2.05, 4.69) is 27.7 Å². The van der Waals surface area contributed by atoms with Gasteiger partial charge in [-0.3, -0.25) is 0 Å². The lowest BCUT2D eigenvalue weighted by molar-refractivity contribution is -0.00802. The monoisotopic (exact) mass is 194 g/mol. The van der Waals surface area contributed by atoms with Crippen LogP contribution in [0.1, 0.15) is 53.4 Å². The van der Waals surface area contributed by atoms with E-state index in [4.69, 9.17) is 0 Å². The van der Waals surface area contributed by atoms with Gasteiger partial charge in [-0.1, -0.05) is 34.1 Å². The molecule has 0 aliphatic heterocycles. The van der Waals surface area contributed by atoms with Crippen LogP contribution < -0.4 is 0 Å². The Labute approximate surface area is 89.5 Å². The van der Waals surface area contributed by atoms with Crippen molar-refractivity contribution in [3.05, 3.63) is 0 Å². The number of rotatable bonds is 2. The highest BCUT2D eigenvalue weighted by atomic mass is 14.5. The molecule has 3 fully saturated rings. The highest BCUT2D eigenvalue weighted by molar-refractivity contribution is 4.93. The van der Waals surface area contributed by atoms with E-state index in [9.17, 15) is 0 Å². The van der Waals surface area contributed by atoms with Gasteiger partial charge in [0.05, 0.1) is 0 Å². The molecular weight excluding hydrogens is 168 g/mol. The van der Waals surface area contributed by atoms with Gasteiger partial charge in [-0.05, 0) is 54.8 Å². The lowest BCUT2D eigenvalue weighted by atomic mass is 9.55. The Morgan fingerprint density at radius 3 is 1.64 bits per heavy atom. The summed E-state index contributed by atoms with van der Waals surface area (Å²) in [7, 11) is 0. The van der Waals surface area contributed by atoms with Crippen molar-refractivity contribution in [2.75, 3.05) is 0 Å². The first-order valence-electron chi connectivity index (χ1n) is 6.59. The molecule has 0 radical (unpaired) electrons. The van der Waals surface area contributed by atoms with Crippen molar-refractivity contribution >= 4 is 0 Å². The Morgan fingerprint density at radius 2 is 1.29 bits per heavy atom. The Morgan fingerprint density at radius 1 is 0.786 bits per heavy atom. The van der Waals surface area contributed by atoms with Crippen LogP contribution >= 0.6 is 0 Å². The Kier molecular flexibility index (Phi) is 2.91. The first-order chi connectivity index (χ1) is 6.59. The molecule has 0 aromatic carbocycles. The van der Waals surface area contributed by atoms with E-state index >= 15 is 0 Å². The van der Waals surface area contributed by atoms with Crippen LogP contribution in [0.2, 0.25) is 0 Å². The molecule has 0 heteroatoms. The van der Waals surface area contributed by atoms with E-state index in [1.807, 2.05) is 0 Å². The molecule has 2 atom stereocenters. The van der Waals surface area contributed by atoms with Crippen molar-refractivity contribution in [2.45, 2.75) is 53.4 Å². The van der Waals surface area contributed by atoms with E-state index in [1.54, 1.807) is 12.8 Å². The van der Waals surface area contributed by atoms with Crippen molar-refractivity contribution in [1.29, 1.82) is 0 Å². The number of fused-ring (bicyclic) bond motifs is 3. The van der Waals surface area contributed by atoms with E-state index in [0.29, 0.717) is 0 Å². The summed E-state index contributed by atoms with van der Waals surface area (Å²) >= 11 is 0. The second-order valence-corrected chi connectivity index (χ2v) is 6.39. The maximum atomic E-state index is 2.43. The summed E-state index contributed by atoms with van der Waals surface area (Å²) in [5, 5.41) is 0. The van der Waals surface area contributed by atoms with Crippen molar-refractivity contribution in [2.24, 2.45) is 35.5 Å². The maximum Gasteiger partial charge on any atom is -0.0352 e. The maximum absolute atomic E-state index is 2.43. The molecule has 14 heavy (non-hydrogen) atoms. The quantitative estimate of drug-likeness (QED) is 0.613. The molecule has 0 aromatic rings. The smallest absolute Gasteiger partial charge is 0.0352 e. The zero-order valence-corrected chi connectivity index (χ0v) is 10.3. The van der Waals surface area contributed by atoms with Crippen LogP contribution in [-0.2, 0) is 0 Å². The van der Waals surface area contributed by atoms with Gasteiger partial charge in [0.1, 0.15) is 0 Å². The normalized spacial score (nSPS) is 42.4. The summed E-state index contributed by atoms with van der Waals surface area (Å²) in [5.74, 6) is 6.10. The summed E-state index contributed by atoms with van der Waals surface area (Å²) in [6.07, 6.45) is 6.17. The summed E-state index contributed by atoms with van der Waals surface area (Å²) in [4.78, 5) is 0. The highest BCUT2D eigenvalue weighted by Crippen LogP contribution is 2.52. The van der Waals surface area contributed by atoms with Gasteiger partial charge < -0.3 is 0 Å². The molecule has 0 N–H and O–H groups in total. The first kappa shape index (κ1) is 10.5. The number of hydrogen-bond donors (Lipinski definition) is 0. The standard InChI is InChI=1S/C14H26/c1-9(2)13-7-11-5-6-12(13)14(8-11)10(3)4/h9-14H,5-8H2,1-4H3. The Bertz CT molecular complexity index is 174. The molecule has 0 amide bonds. The minimum atomic E-state index is 0.921. The topological polar surface area (TPSA) is 0 Å². The SMILES string of the molecule is CC(C)C1CC2CCC1C(C(C)C)C2. The van der Waals surface area contributed by atoms with Crippen LogP contribution in [0.3, 0.4) is 0 Å². The Hall–Kier alpha value is 0. The van der Waals surface area contributed by atoms with Gasteiger partial charge in [-0.25, -0.2) is 0 Å². The van der Waals surface area contributed by atoms with E-state index in [0.717, 1.165) is 35.5 Å². The summed E-state index contributed by atoms with van der Waals surface area (Å²) < 4.78 is 0. The molecular formula is C14H26. The minimum Gasteiger partial charge on any atom is -0.0625 e. The molecule has 3 rings (SSSR count). The van der Waals surface area contributed by atoms with Gasteiger partial charge in [0.25, 0.3) is 0 Å². The third kappa shape index (κ3) is 1.73. The summed E-state index contributed by atoms with van der Waals surface area (Å²) in [5.41, 5.74) is 0. The lowest BCUT2D eigenvalue weighted by Gasteiger charge is -2.51. The zero-order chi connectivity index (χ0) is 10.3. The molecule has 82 valence electrons. The Balaban J connectivity index is 2.11. The highest BCUT2D eigenvalue weighted by Gasteiger charge is 2.43. The first-order valence-corrected chi connectivity index (χ1v) is 6.59. The number of hydrogen-bond acceptors (Lipinski definition) is 0.